The Balaban J connectivity index is 0.00000253. The van der Waals surface area contributed by atoms with Crippen molar-refractivity contribution < 1.29 is 45.2 Å². The number of fused-ring (bicyclic) bond motifs is 3. The number of halogens is 2. The minimum Gasteiger partial charge on any atom is -1.00 e. The van der Waals surface area contributed by atoms with Crippen LogP contribution < -0.4 is 24.8 Å². The molecule has 0 spiro atoms. The maximum atomic E-state index is 2.64. The van der Waals surface area contributed by atoms with Crippen molar-refractivity contribution in [2.24, 2.45) is 11.8 Å². The van der Waals surface area contributed by atoms with Crippen molar-refractivity contribution in [3.05, 3.63) is 80.2 Å². The standard InChI is InChI=1S/C21H25.C8H18Si.C5H5.2ClH.Zr/c1-20(2,3)16-7-9-18-14(12-16)11-15-13-17(21(4,5)6)8-10-19(15)18;1-7(2)5-9-6-8(3)4;1-2-4-5-3-1;;;/h7-13H,1-6H3;7-8H,5-6H2,1-4H3;1-3H,4H2;2*1H;/q;;;;;+2/p-2. The molecule has 38 heavy (non-hydrogen) atoms. The Kier molecular flexibility index (Phi) is 11.6. The van der Waals surface area contributed by atoms with Gasteiger partial charge in [-0.25, -0.2) is 0 Å². The van der Waals surface area contributed by atoms with E-state index in [0.717, 1.165) is 11.8 Å². The minimum atomic E-state index is -2.09. The van der Waals surface area contributed by atoms with Crippen LogP contribution in [0.5, 0.6) is 0 Å². The molecule has 0 aromatic heterocycles. The molecule has 0 fully saturated rings. The largest absolute Gasteiger partial charge is 1.00 e. The number of allylic oxidation sites excluding steroid dienone is 4. The molecule has 0 aliphatic heterocycles. The Hall–Kier alpha value is -0.400. The molecule has 206 valence electrons. The molecule has 0 N–H and O–H groups in total. The second-order valence-electron chi connectivity index (χ2n) is 14.1. The van der Waals surface area contributed by atoms with Crippen LogP contribution in [0.2, 0.25) is 12.1 Å². The molecular formula is C34H48Cl2SiZr. The SMILES string of the molecule is CC(C)C[Si](CC(C)C)=[Zr+2]([C]1=CC=CC1)[CH]1c2cc(C(C)(C)C)ccc2-c2ccc(C(C)(C)C)cc21.[Cl-].[Cl-]. The topological polar surface area (TPSA) is 0 Å². The van der Waals surface area contributed by atoms with Crippen molar-refractivity contribution in [2.45, 2.75) is 102 Å². The van der Waals surface area contributed by atoms with Gasteiger partial charge in [-0.05, 0) is 0 Å². The van der Waals surface area contributed by atoms with Crippen LogP contribution in [-0.2, 0) is 31.2 Å². The van der Waals surface area contributed by atoms with Crippen molar-refractivity contribution in [2.75, 3.05) is 0 Å². The summed E-state index contributed by atoms with van der Waals surface area (Å²) < 4.78 is 2.55. The third-order valence-corrected chi connectivity index (χ3v) is 29.0. The summed E-state index contributed by atoms with van der Waals surface area (Å²) in [5.74, 6) is 1.59. The summed E-state index contributed by atoms with van der Waals surface area (Å²) in [5, 5.41) is 0. The van der Waals surface area contributed by atoms with Crippen molar-refractivity contribution in [1.29, 1.82) is 0 Å². The summed E-state index contributed by atoms with van der Waals surface area (Å²) in [6.07, 6.45) is 8.60. The van der Waals surface area contributed by atoms with E-state index in [0.29, 0.717) is 3.63 Å². The molecule has 4 rings (SSSR count). The molecule has 2 aromatic rings. The molecule has 0 saturated carbocycles. The molecule has 0 atom stereocenters. The summed E-state index contributed by atoms with van der Waals surface area (Å²) in [7, 11) is 0. The summed E-state index contributed by atoms with van der Waals surface area (Å²) in [6, 6.07) is 18.0. The molecule has 0 saturated heterocycles. The van der Waals surface area contributed by atoms with Crippen LogP contribution in [-0.4, -0.2) is 5.43 Å². The van der Waals surface area contributed by atoms with Gasteiger partial charge in [0, 0.05) is 0 Å². The van der Waals surface area contributed by atoms with E-state index in [2.05, 4.69) is 124 Å². The maximum Gasteiger partial charge on any atom is -1.00 e. The van der Waals surface area contributed by atoms with Gasteiger partial charge >= 0.3 is 231 Å². The Morgan fingerprint density at radius 1 is 0.763 bits per heavy atom. The third-order valence-electron chi connectivity index (χ3n) is 7.84. The number of hydrogen-bond donors (Lipinski definition) is 0. The molecule has 2 aliphatic rings. The molecule has 0 amide bonds. The number of hydrogen-bond acceptors (Lipinski definition) is 0. The molecule has 4 heteroatoms. The molecule has 2 aliphatic carbocycles. The normalized spacial score (nSPS) is 14.4. The molecular weight excluding hydrogens is 599 g/mol. The molecule has 0 unspecified atom stereocenters. The van der Waals surface area contributed by atoms with Gasteiger partial charge in [0.2, 0.25) is 0 Å². The van der Waals surface area contributed by atoms with Gasteiger partial charge in [-0.2, -0.15) is 0 Å². The quantitative estimate of drug-likeness (QED) is 0.415. The van der Waals surface area contributed by atoms with Crippen LogP contribution in [0.25, 0.3) is 11.1 Å². The molecule has 0 heterocycles. The van der Waals surface area contributed by atoms with E-state index in [-0.39, 0.29) is 35.6 Å². The Morgan fingerprint density at radius 2 is 1.21 bits per heavy atom. The molecule has 0 bridgehead atoms. The van der Waals surface area contributed by atoms with E-state index >= 15 is 0 Å². The first-order valence-corrected chi connectivity index (χ1v) is 22.4. The van der Waals surface area contributed by atoms with Crippen LogP contribution in [0.1, 0.15) is 102 Å². The van der Waals surface area contributed by atoms with Gasteiger partial charge in [0.25, 0.3) is 0 Å². The van der Waals surface area contributed by atoms with E-state index < -0.39 is 25.8 Å². The molecule has 0 nitrogen and oxygen atoms in total. The van der Waals surface area contributed by atoms with Gasteiger partial charge in [-0.15, -0.1) is 0 Å². The van der Waals surface area contributed by atoms with E-state index in [1.165, 1.54) is 40.8 Å². The zero-order valence-corrected chi connectivity index (χ0v) is 30.3. The van der Waals surface area contributed by atoms with Crippen LogP contribution in [0.4, 0.5) is 0 Å². The zero-order chi connectivity index (χ0) is 26.4. The predicted molar refractivity (Wildman–Crippen MR) is 158 cm³/mol. The minimum absolute atomic E-state index is 0. The molecule has 0 radical (unpaired) electrons. The Bertz CT molecular complexity index is 1160. The van der Waals surface area contributed by atoms with Gasteiger partial charge in [-0.1, -0.05) is 0 Å². The van der Waals surface area contributed by atoms with Gasteiger partial charge in [0.05, 0.1) is 0 Å². The van der Waals surface area contributed by atoms with Gasteiger partial charge < -0.3 is 24.8 Å². The second kappa shape index (κ2) is 13.1. The average Bonchev–Trinajstić information content (AvgIpc) is 3.38. The van der Waals surface area contributed by atoms with Crippen LogP contribution >= 0.6 is 0 Å². The summed E-state index contributed by atoms with van der Waals surface area (Å²) >= 11 is -2.09. The van der Waals surface area contributed by atoms with Crippen LogP contribution in [0.3, 0.4) is 0 Å². The molecule has 2 aromatic carbocycles. The smallest absolute Gasteiger partial charge is 1.00 e. The van der Waals surface area contributed by atoms with Gasteiger partial charge in [0.1, 0.15) is 0 Å². The summed E-state index contributed by atoms with van der Waals surface area (Å²) in [6.45, 7) is 24.1. The van der Waals surface area contributed by atoms with E-state index in [1.807, 2.05) is 3.28 Å². The third kappa shape index (κ3) is 7.26. The fraction of sp³-hybridized carbons (Fsp3) is 0.529. The second-order valence-corrected chi connectivity index (χ2v) is 29.5. The summed E-state index contributed by atoms with van der Waals surface area (Å²) in [4.78, 5) is 0. The van der Waals surface area contributed by atoms with Crippen LogP contribution in [0.15, 0.2) is 57.9 Å². The first-order valence-electron chi connectivity index (χ1n) is 14.1. The van der Waals surface area contributed by atoms with E-state index in [4.69, 9.17) is 0 Å². The van der Waals surface area contributed by atoms with E-state index in [9.17, 15) is 0 Å². The fourth-order valence-corrected chi connectivity index (χ4v) is 33.2. The number of benzene rings is 2. The van der Waals surface area contributed by atoms with Gasteiger partial charge in [-0.3, -0.25) is 0 Å². The van der Waals surface area contributed by atoms with Gasteiger partial charge in [0.15, 0.2) is 0 Å². The van der Waals surface area contributed by atoms with Crippen LogP contribution in [0, 0.1) is 11.8 Å². The average molecular weight is 647 g/mol. The monoisotopic (exact) mass is 644 g/mol. The van der Waals surface area contributed by atoms with Crippen molar-refractivity contribution in [3.63, 3.8) is 0 Å². The van der Waals surface area contributed by atoms with Crippen molar-refractivity contribution in [3.8, 4) is 11.1 Å². The van der Waals surface area contributed by atoms with E-state index in [1.54, 1.807) is 11.1 Å². The maximum absolute atomic E-state index is 2.64. The van der Waals surface area contributed by atoms with Crippen molar-refractivity contribution >= 4 is 5.43 Å². The first-order chi connectivity index (χ1) is 16.8. The zero-order valence-electron chi connectivity index (χ0n) is 25.3. The predicted octanol–water partition coefficient (Wildman–Crippen LogP) is 4.12. The fourth-order valence-electron chi connectivity index (χ4n) is 6.06. The number of rotatable bonds is 6. The summed E-state index contributed by atoms with van der Waals surface area (Å²) in [5.41, 5.74) is 9.33. The Labute approximate surface area is 254 Å². The first kappa shape index (κ1) is 33.8. The Morgan fingerprint density at radius 3 is 1.55 bits per heavy atom. The van der Waals surface area contributed by atoms with Crippen molar-refractivity contribution in [1.82, 2.24) is 0 Å².